The van der Waals surface area contributed by atoms with Crippen molar-refractivity contribution >= 4 is 23.1 Å². The summed E-state index contributed by atoms with van der Waals surface area (Å²) < 4.78 is 43.4. The fourth-order valence-electron chi connectivity index (χ4n) is 1.78. The average molecular weight is 317 g/mol. The number of ether oxygens (including phenoxy) is 1. The van der Waals surface area contributed by atoms with Gasteiger partial charge in [0.25, 0.3) is 0 Å². The smallest absolute Gasteiger partial charge is 0.416 e. The minimum atomic E-state index is -4.49. The van der Waals surface area contributed by atoms with Gasteiger partial charge in [0.1, 0.15) is 16.7 Å². The van der Waals surface area contributed by atoms with Gasteiger partial charge in [-0.05, 0) is 36.8 Å². The van der Waals surface area contributed by atoms with E-state index in [9.17, 15) is 13.2 Å². The number of anilines is 2. The molecule has 1 heterocycles. The Labute approximate surface area is 124 Å². The van der Waals surface area contributed by atoms with Gasteiger partial charge in [-0.15, -0.1) is 0 Å². The van der Waals surface area contributed by atoms with E-state index in [1.165, 1.54) is 7.11 Å². The lowest BCUT2D eigenvalue weighted by molar-refractivity contribution is -0.137. The second-order valence-electron chi connectivity index (χ2n) is 4.39. The first-order valence-corrected chi connectivity index (χ1v) is 6.34. The molecule has 112 valence electrons. The number of benzene rings is 1. The molecule has 0 atom stereocenters. The van der Waals surface area contributed by atoms with Gasteiger partial charge in [0, 0.05) is 0 Å². The fourth-order valence-corrected chi connectivity index (χ4v) is 1.99. The Hall–Kier alpha value is -1.95. The summed E-state index contributed by atoms with van der Waals surface area (Å²) in [6, 6.07) is 6.96. The molecular weight excluding hydrogens is 305 g/mol. The molecule has 3 nitrogen and oxygen atoms in total. The molecule has 0 aliphatic heterocycles. The van der Waals surface area contributed by atoms with Crippen LogP contribution in [0.5, 0.6) is 5.75 Å². The van der Waals surface area contributed by atoms with E-state index < -0.39 is 11.7 Å². The van der Waals surface area contributed by atoms with Crippen LogP contribution in [0.2, 0.25) is 5.15 Å². The molecule has 0 aliphatic rings. The summed E-state index contributed by atoms with van der Waals surface area (Å²) in [5.74, 6) is 0.495. The van der Waals surface area contributed by atoms with Gasteiger partial charge in [-0.3, -0.25) is 0 Å². The summed E-state index contributed by atoms with van der Waals surface area (Å²) in [4.78, 5) is 3.85. The van der Waals surface area contributed by atoms with Crippen molar-refractivity contribution in [2.75, 3.05) is 12.4 Å². The van der Waals surface area contributed by atoms with Gasteiger partial charge in [-0.25, -0.2) is 4.98 Å². The van der Waals surface area contributed by atoms with E-state index in [0.717, 1.165) is 17.7 Å². The topological polar surface area (TPSA) is 34.1 Å². The van der Waals surface area contributed by atoms with Gasteiger partial charge >= 0.3 is 6.18 Å². The number of halogens is 4. The van der Waals surface area contributed by atoms with Crippen LogP contribution < -0.4 is 10.1 Å². The third kappa shape index (κ3) is 3.78. The van der Waals surface area contributed by atoms with Crippen LogP contribution in [-0.2, 0) is 6.18 Å². The van der Waals surface area contributed by atoms with Crippen molar-refractivity contribution in [3.05, 3.63) is 46.6 Å². The summed E-state index contributed by atoms with van der Waals surface area (Å²) in [6.07, 6.45) is -4.49. The number of rotatable bonds is 3. The SMILES string of the molecule is COc1ccc(C)cc1Nc1cc(C(F)(F)F)cc(Cl)n1. The molecule has 0 aliphatic carbocycles. The highest BCUT2D eigenvalue weighted by Crippen LogP contribution is 2.34. The van der Waals surface area contributed by atoms with E-state index in [0.29, 0.717) is 11.4 Å². The van der Waals surface area contributed by atoms with Gasteiger partial charge in [0.2, 0.25) is 0 Å². The van der Waals surface area contributed by atoms with E-state index in [4.69, 9.17) is 16.3 Å². The normalized spacial score (nSPS) is 11.3. The third-order valence-corrected chi connectivity index (χ3v) is 2.93. The summed E-state index contributed by atoms with van der Waals surface area (Å²) in [7, 11) is 1.47. The van der Waals surface area contributed by atoms with Crippen molar-refractivity contribution in [2.24, 2.45) is 0 Å². The number of aryl methyl sites for hydroxylation is 1. The zero-order chi connectivity index (χ0) is 15.6. The number of nitrogens with zero attached hydrogens (tertiary/aromatic N) is 1. The molecule has 0 fully saturated rings. The average Bonchev–Trinajstić information content (AvgIpc) is 2.37. The van der Waals surface area contributed by atoms with Crippen molar-refractivity contribution in [1.29, 1.82) is 0 Å². The molecule has 1 aromatic carbocycles. The molecule has 0 bridgehead atoms. The molecule has 2 rings (SSSR count). The summed E-state index contributed by atoms with van der Waals surface area (Å²) in [5, 5.41) is 2.56. The number of aromatic nitrogens is 1. The quantitative estimate of drug-likeness (QED) is 0.825. The van der Waals surface area contributed by atoms with E-state index in [-0.39, 0.29) is 11.0 Å². The molecule has 7 heteroatoms. The lowest BCUT2D eigenvalue weighted by atomic mass is 10.2. The third-order valence-electron chi connectivity index (χ3n) is 2.74. The zero-order valence-corrected chi connectivity index (χ0v) is 12.0. The van der Waals surface area contributed by atoms with Gasteiger partial charge in [0.05, 0.1) is 18.4 Å². The minimum Gasteiger partial charge on any atom is -0.495 e. The summed E-state index contributed by atoms with van der Waals surface area (Å²) in [6.45, 7) is 1.86. The Morgan fingerprint density at radius 3 is 2.52 bits per heavy atom. The first kappa shape index (κ1) is 15.4. The molecule has 0 radical (unpaired) electrons. The molecule has 1 N–H and O–H groups in total. The molecule has 0 saturated carbocycles. The van der Waals surface area contributed by atoms with Crippen LogP contribution in [0.3, 0.4) is 0 Å². The van der Waals surface area contributed by atoms with Crippen molar-refractivity contribution in [3.63, 3.8) is 0 Å². The maximum Gasteiger partial charge on any atom is 0.416 e. The Morgan fingerprint density at radius 2 is 1.90 bits per heavy atom. The first-order chi connectivity index (χ1) is 9.79. The van der Waals surface area contributed by atoms with Crippen LogP contribution in [0.15, 0.2) is 30.3 Å². The summed E-state index contributed by atoms with van der Waals surface area (Å²) >= 11 is 5.64. The number of nitrogens with one attached hydrogen (secondary N) is 1. The Bertz CT molecular complexity index is 659. The summed E-state index contributed by atoms with van der Waals surface area (Å²) in [5.41, 5.74) is 0.577. The van der Waals surface area contributed by atoms with Gasteiger partial charge in [0.15, 0.2) is 0 Å². The molecule has 0 spiro atoms. The number of methoxy groups -OCH3 is 1. The Kier molecular flexibility index (Phi) is 4.27. The highest BCUT2D eigenvalue weighted by atomic mass is 35.5. The monoisotopic (exact) mass is 316 g/mol. The largest absolute Gasteiger partial charge is 0.495 e. The van der Waals surface area contributed by atoms with Crippen LogP contribution >= 0.6 is 11.6 Å². The van der Waals surface area contributed by atoms with Crippen molar-refractivity contribution in [2.45, 2.75) is 13.1 Å². The predicted octanol–water partition coefficient (Wildman–Crippen LogP) is 4.81. The van der Waals surface area contributed by atoms with E-state index in [2.05, 4.69) is 10.3 Å². The van der Waals surface area contributed by atoms with Gasteiger partial charge in [-0.1, -0.05) is 17.7 Å². The standard InChI is InChI=1S/C14H12ClF3N2O/c1-8-3-4-11(21-2)10(5-8)19-13-7-9(14(16,17)18)6-12(15)20-13/h3-7H,1-2H3,(H,19,20). The second kappa shape index (κ2) is 5.81. The molecule has 1 aromatic heterocycles. The van der Waals surface area contributed by atoms with E-state index in [1.807, 2.05) is 13.0 Å². The van der Waals surface area contributed by atoms with Gasteiger partial charge < -0.3 is 10.1 Å². The minimum absolute atomic E-state index is 0.00118. The Balaban J connectivity index is 2.40. The highest BCUT2D eigenvalue weighted by molar-refractivity contribution is 6.29. The predicted molar refractivity (Wildman–Crippen MR) is 75.3 cm³/mol. The highest BCUT2D eigenvalue weighted by Gasteiger charge is 2.31. The molecule has 0 amide bonds. The molecule has 0 saturated heterocycles. The number of hydrogen-bond acceptors (Lipinski definition) is 3. The van der Waals surface area contributed by atoms with Crippen LogP contribution in [0, 0.1) is 6.92 Å². The van der Waals surface area contributed by atoms with Crippen LogP contribution in [-0.4, -0.2) is 12.1 Å². The number of alkyl halides is 3. The lowest BCUT2D eigenvalue weighted by Crippen LogP contribution is -2.07. The zero-order valence-electron chi connectivity index (χ0n) is 11.3. The van der Waals surface area contributed by atoms with Gasteiger partial charge in [-0.2, -0.15) is 13.2 Å². The van der Waals surface area contributed by atoms with E-state index >= 15 is 0 Å². The fraction of sp³-hybridized carbons (Fsp3) is 0.214. The van der Waals surface area contributed by atoms with E-state index in [1.54, 1.807) is 12.1 Å². The number of pyridine rings is 1. The maximum absolute atomic E-state index is 12.8. The molecular formula is C14H12ClF3N2O. The lowest BCUT2D eigenvalue weighted by Gasteiger charge is -2.13. The first-order valence-electron chi connectivity index (χ1n) is 5.96. The van der Waals surface area contributed by atoms with Crippen LogP contribution in [0.25, 0.3) is 0 Å². The van der Waals surface area contributed by atoms with Crippen LogP contribution in [0.4, 0.5) is 24.7 Å². The molecule has 2 aromatic rings. The second-order valence-corrected chi connectivity index (χ2v) is 4.78. The van der Waals surface area contributed by atoms with Crippen molar-refractivity contribution in [3.8, 4) is 5.75 Å². The molecule has 0 unspecified atom stereocenters. The van der Waals surface area contributed by atoms with Crippen molar-refractivity contribution < 1.29 is 17.9 Å². The number of hydrogen-bond donors (Lipinski definition) is 1. The molecule has 21 heavy (non-hydrogen) atoms. The van der Waals surface area contributed by atoms with Crippen LogP contribution in [0.1, 0.15) is 11.1 Å². The van der Waals surface area contributed by atoms with Crippen molar-refractivity contribution in [1.82, 2.24) is 4.98 Å². The maximum atomic E-state index is 12.8. The Morgan fingerprint density at radius 1 is 1.19 bits per heavy atom.